The molecule has 0 aliphatic rings. The van der Waals surface area contributed by atoms with Crippen molar-refractivity contribution >= 4 is 45.7 Å². The third-order valence-electron chi connectivity index (χ3n) is 4.28. The molecular weight excluding hydrogens is 388 g/mol. The van der Waals surface area contributed by atoms with Gasteiger partial charge >= 0.3 is 0 Å². The molecule has 7 heteroatoms. The number of hydrogen-bond donors (Lipinski definition) is 2. The number of rotatable bonds is 4. The highest BCUT2D eigenvalue weighted by molar-refractivity contribution is 6.30. The van der Waals surface area contributed by atoms with E-state index < -0.39 is 11.8 Å². The first-order valence-electron chi connectivity index (χ1n) is 8.79. The zero-order valence-electron chi connectivity index (χ0n) is 15.1. The molecule has 4 aromatic rings. The molecular formula is C22H15ClN4O2. The fraction of sp³-hybridized carbons (Fsp3) is 0. The van der Waals surface area contributed by atoms with E-state index >= 15 is 0 Å². The highest BCUT2D eigenvalue weighted by atomic mass is 35.5. The Morgan fingerprint density at radius 3 is 2.41 bits per heavy atom. The number of nitrogens with one attached hydrogen (secondary N) is 2. The third-order valence-corrected chi connectivity index (χ3v) is 4.50. The topological polar surface area (TPSA) is 84.0 Å². The number of fused-ring (bicyclic) bond motifs is 1. The normalized spacial score (nSPS) is 10.5. The Hall–Kier alpha value is -3.77. The summed E-state index contributed by atoms with van der Waals surface area (Å²) >= 11 is 5.82. The van der Waals surface area contributed by atoms with Crippen LogP contribution in [0.5, 0.6) is 0 Å². The van der Waals surface area contributed by atoms with Crippen molar-refractivity contribution in [3.8, 4) is 0 Å². The summed E-state index contributed by atoms with van der Waals surface area (Å²) in [5.41, 5.74) is 0.967. The van der Waals surface area contributed by atoms with Gasteiger partial charge in [-0.05, 0) is 35.7 Å². The van der Waals surface area contributed by atoms with E-state index in [0.29, 0.717) is 22.1 Å². The lowest BCUT2D eigenvalue weighted by Gasteiger charge is -2.12. The van der Waals surface area contributed by atoms with Gasteiger partial charge in [-0.1, -0.05) is 48.0 Å². The van der Waals surface area contributed by atoms with E-state index in [9.17, 15) is 9.59 Å². The summed E-state index contributed by atoms with van der Waals surface area (Å²) in [6, 6.07) is 19.3. The summed E-state index contributed by atoms with van der Waals surface area (Å²) in [7, 11) is 0. The van der Waals surface area contributed by atoms with Crippen LogP contribution in [0.3, 0.4) is 0 Å². The Labute approximate surface area is 171 Å². The molecule has 2 N–H and O–H groups in total. The molecule has 6 nitrogen and oxygen atoms in total. The first-order valence-corrected chi connectivity index (χ1v) is 9.16. The first-order chi connectivity index (χ1) is 14.1. The predicted octanol–water partition coefficient (Wildman–Crippen LogP) is 4.79. The number of para-hydroxylation sites is 1. The number of amides is 2. The Morgan fingerprint density at radius 1 is 0.793 bits per heavy atom. The van der Waals surface area contributed by atoms with Crippen LogP contribution in [0.4, 0.5) is 11.5 Å². The van der Waals surface area contributed by atoms with E-state index in [4.69, 9.17) is 11.6 Å². The second kappa shape index (κ2) is 8.08. The van der Waals surface area contributed by atoms with Crippen molar-refractivity contribution in [2.45, 2.75) is 0 Å². The number of nitrogens with zero attached hydrogens (tertiary/aromatic N) is 2. The number of carbonyl (C=O) groups excluding carboxylic acids is 2. The zero-order valence-corrected chi connectivity index (χ0v) is 15.9. The van der Waals surface area contributed by atoms with Crippen LogP contribution in [0.15, 0.2) is 79.1 Å². The molecule has 0 radical (unpaired) electrons. The molecule has 0 bridgehead atoms. The molecule has 0 unspecified atom stereocenters. The van der Waals surface area contributed by atoms with Crippen molar-refractivity contribution in [2.24, 2.45) is 0 Å². The molecule has 4 rings (SSSR count). The zero-order chi connectivity index (χ0) is 20.2. The Morgan fingerprint density at radius 2 is 1.59 bits per heavy atom. The van der Waals surface area contributed by atoms with Crippen molar-refractivity contribution in [1.29, 1.82) is 0 Å². The van der Waals surface area contributed by atoms with Gasteiger partial charge in [-0.25, -0.2) is 4.98 Å². The van der Waals surface area contributed by atoms with Gasteiger partial charge in [0.25, 0.3) is 11.8 Å². The molecule has 142 valence electrons. The van der Waals surface area contributed by atoms with Crippen molar-refractivity contribution < 1.29 is 9.59 Å². The van der Waals surface area contributed by atoms with Gasteiger partial charge in [0.2, 0.25) is 0 Å². The second-order valence-corrected chi connectivity index (χ2v) is 6.63. The average molecular weight is 403 g/mol. The monoisotopic (exact) mass is 402 g/mol. The van der Waals surface area contributed by atoms with Crippen LogP contribution in [0.1, 0.15) is 20.8 Å². The molecule has 0 atom stereocenters. The molecule has 0 saturated carbocycles. The summed E-state index contributed by atoms with van der Waals surface area (Å²) < 4.78 is 0. The van der Waals surface area contributed by atoms with Crippen molar-refractivity contribution in [3.63, 3.8) is 0 Å². The summed E-state index contributed by atoms with van der Waals surface area (Å²) in [6.45, 7) is 0. The number of halogens is 1. The lowest BCUT2D eigenvalue weighted by Crippen LogP contribution is -2.19. The van der Waals surface area contributed by atoms with E-state index in [1.54, 1.807) is 42.6 Å². The molecule has 0 aliphatic carbocycles. The number of pyridine rings is 2. The lowest BCUT2D eigenvalue weighted by molar-refractivity contribution is 0.102. The minimum Gasteiger partial charge on any atom is -0.320 e. The van der Waals surface area contributed by atoms with Crippen LogP contribution in [0, 0.1) is 0 Å². The minimum atomic E-state index is -0.401. The van der Waals surface area contributed by atoms with Gasteiger partial charge in [-0.3, -0.25) is 14.6 Å². The molecule has 0 spiro atoms. The number of aromatic nitrogens is 2. The average Bonchev–Trinajstić information content (AvgIpc) is 2.75. The Bertz CT molecular complexity index is 1200. The Kier molecular flexibility index (Phi) is 5.18. The van der Waals surface area contributed by atoms with Crippen molar-refractivity contribution in [3.05, 3.63) is 95.4 Å². The minimum absolute atomic E-state index is 0.290. The van der Waals surface area contributed by atoms with E-state index in [2.05, 4.69) is 20.6 Å². The maximum Gasteiger partial charge on any atom is 0.274 e. The molecule has 0 saturated heterocycles. The fourth-order valence-electron chi connectivity index (χ4n) is 2.91. The third kappa shape index (κ3) is 4.07. The van der Waals surface area contributed by atoms with Crippen LogP contribution in [-0.4, -0.2) is 21.8 Å². The van der Waals surface area contributed by atoms with E-state index in [0.717, 1.165) is 10.8 Å². The van der Waals surface area contributed by atoms with Gasteiger partial charge in [0.05, 0.1) is 16.3 Å². The van der Waals surface area contributed by atoms with Crippen molar-refractivity contribution in [2.75, 3.05) is 10.6 Å². The lowest BCUT2D eigenvalue weighted by atomic mass is 10.1. The highest BCUT2D eigenvalue weighted by Crippen LogP contribution is 2.21. The number of anilines is 2. The first kappa shape index (κ1) is 18.6. The fourth-order valence-corrected chi connectivity index (χ4v) is 3.02. The quantitative estimate of drug-likeness (QED) is 0.514. The summed E-state index contributed by atoms with van der Waals surface area (Å²) in [5.74, 6) is -0.440. The Balaban J connectivity index is 1.60. The molecule has 0 aliphatic heterocycles. The second-order valence-electron chi connectivity index (χ2n) is 6.20. The smallest absolute Gasteiger partial charge is 0.274 e. The predicted molar refractivity (Wildman–Crippen MR) is 113 cm³/mol. The molecule has 2 heterocycles. The molecule has 2 amide bonds. The number of carbonyl (C=O) groups is 2. The van der Waals surface area contributed by atoms with Crippen LogP contribution < -0.4 is 10.6 Å². The maximum atomic E-state index is 12.9. The van der Waals surface area contributed by atoms with Crippen molar-refractivity contribution in [1.82, 2.24) is 9.97 Å². The summed E-state index contributed by atoms with van der Waals surface area (Å²) in [6.07, 6.45) is 3.03. The van der Waals surface area contributed by atoms with Crippen LogP contribution in [-0.2, 0) is 0 Å². The van der Waals surface area contributed by atoms with E-state index in [1.807, 2.05) is 30.3 Å². The SMILES string of the molecule is O=C(Nc1ccc(Cl)cn1)c1ccccc1NC(=O)c1nccc2ccccc12. The van der Waals surface area contributed by atoms with Crippen LogP contribution in [0.25, 0.3) is 10.8 Å². The number of benzene rings is 2. The molecule has 29 heavy (non-hydrogen) atoms. The van der Waals surface area contributed by atoms with E-state index in [1.165, 1.54) is 6.20 Å². The van der Waals surface area contributed by atoms with Gasteiger partial charge in [0.15, 0.2) is 0 Å². The molecule has 0 fully saturated rings. The molecule has 2 aromatic heterocycles. The van der Waals surface area contributed by atoms with Gasteiger partial charge in [-0.15, -0.1) is 0 Å². The maximum absolute atomic E-state index is 12.9. The number of hydrogen-bond acceptors (Lipinski definition) is 4. The van der Waals surface area contributed by atoms with Crippen LogP contribution >= 0.6 is 11.6 Å². The highest BCUT2D eigenvalue weighted by Gasteiger charge is 2.17. The van der Waals surface area contributed by atoms with Gasteiger partial charge in [-0.2, -0.15) is 0 Å². The standard InChI is InChI=1S/C22H15ClN4O2/c23-15-9-10-19(25-13-15)27-21(28)17-7-3-4-8-18(17)26-22(29)20-16-6-2-1-5-14(16)11-12-24-20/h1-13H,(H,26,29)(H,25,27,28). The summed E-state index contributed by atoms with van der Waals surface area (Å²) in [4.78, 5) is 33.8. The van der Waals surface area contributed by atoms with Crippen LogP contribution in [0.2, 0.25) is 5.02 Å². The molecule has 2 aromatic carbocycles. The van der Waals surface area contributed by atoms with E-state index in [-0.39, 0.29) is 5.69 Å². The largest absolute Gasteiger partial charge is 0.320 e. The van der Waals surface area contributed by atoms with Gasteiger partial charge in [0.1, 0.15) is 11.5 Å². The van der Waals surface area contributed by atoms with Gasteiger partial charge < -0.3 is 10.6 Å². The summed E-state index contributed by atoms with van der Waals surface area (Å²) in [5, 5.41) is 7.60. The van der Waals surface area contributed by atoms with Gasteiger partial charge in [0, 0.05) is 17.8 Å².